The van der Waals surface area contributed by atoms with Crippen LogP contribution in [0.5, 0.6) is 0 Å². The van der Waals surface area contributed by atoms with Crippen LogP contribution >= 0.6 is 15.6 Å². The van der Waals surface area contributed by atoms with E-state index in [1.807, 2.05) is 0 Å². The van der Waals surface area contributed by atoms with Crippen LogP contribution in [-0.2, 0) is 41.5 Å². The van der Waals surface area contributed by atoms with Gasteiger partial charge in [0.25, 0.3) is 15.6 Å². The number of carbonyl (C=O) groups excluding carboxylic acids is 1. The van der Waals surface area contributed by atoms with E-state index in [1.165, 1.54) is 102 Å². The monoisotopic (exact) mass is 927 g/mol. The number of aliphatic hydroxyl groups excluding tert-OH is 2. The van der Waals surface area contributed by atoms with Crippen LogP contribution in [0, 0.1) is 0 Å². The van der Waals surface area contributed by atoms with E-state index in [0.717, 1.165) is 55.7 Å². The molecule has 1 aliphatic rings. The van der Waals surface area contributed by atoms with E-state index in [0.29, 0.717) is 13.0 Å². The van der Waals surface area contributed by atoms with Crippen LogP contribution in [-0.4, -0.2) is 76.6 Å². The van der Waals surface area contributed by atoms with Gasteiger partial charge in [-0.05, 0) is 18.9 Å². The maximum Gasteiger partial charge on any atom is 1.00 e. The van der Waals surface area contributed by atoms with Crippen LogP contribution in [0.4, 0.5) is 5.82 Å². The fourth-order valence-electron chi connectivity index (χ4n) is 6.78. The number of unbranched alkanes of at least 4 members (excludes halogenated alkanes) is 21. The number of esters is 1. The molecule has 0 amide bonds. The van der Waals surface area contributed by atoms with Gasteiger partial charge in [-0.3, -0.25) is 18.5 Å². The maximum atomic E-state index is 12.7. The Balaban J connectivity index is 0.0000180. The summed E-state index contributed by atoms with van der Waals surface area (Å²) >= 11 is 0. The molecule has 0 saturated carbocycles. The van der Waals surface area contributed by atoms with Crippen molar-refractivity contribution in [3.05, 3.63) is 22.7 Å². The number of aliphatic hydroxyl groups is 2. The molecule has 0 aliphatic carbocycles. The van der Waals surface area contributed by atoms with Crippen molar-refractivity contribution < 1.29 is 121 Å². The zero-order chi connectivity index (χ0) is 43.4. The van der Waals surface area contributed by atoms with Gasteiger partial charge >= 0.3 is 70.8 Å². The molecule has 344 valence electrons. The number of phosphoric acid groups is 2. The number of ether oxygens (including phenoxy) is 3. The molecule has 2 rings (SSSR count). The van der Waals surface area contributed by atoms with Crippen molar-refractivity contribution >= 4 is 27.4 Å². The molecule has 0 spiro atoms. The Hall–Kier alpha value is 0.250. The zero-order valence-electron chi connectivity index (χ0n) is 37.5. The fourth-order valence-corrected chi connectivity index (χ4v) is 8.81. The average molecular weight is 928 g/mol. The predicted molar refractivity (Wildman–Crippen MR) is 220 cm³/mol. The minimum Gasteiger partial charge on any atom is -0.756 e. The quantitative estimate of drug-likeness (QED) is 0.0361. The van der Waals surface area contributed by atoms with Crippen LogP contribution in [0.2, 0.25) is 0 Å². The average Bonchev–Trinajstić information content (AvgIpc) is 3.46. The van der Waals surface area contributed by atoms with Gasteiger partial charge in [0.2, 0.25) is 0 Å². The normalized spacial score (nSPS) is 20.0. The van der Waals surface area contributed by atoms with Crippen molar-refractivity contribution in [2.24, 2.45) is 0 Å². The Kier molecular flexibility index (Phi) is 36.5. The Morgan fingerprint density at radius 3 is 1.75 bits per heavy atom. The molecule has 0 bridgehead atoms. The number of hydrogen-bond acceptors (Lipinski definition) is 16. The van der Waals surface area contributed by atoms with Gasteiger partial charge in [0, 0.05) is 19.2 Å². The van der Waals surface area contributed by atoms with E-state index in [1.54, 1.807) is 0 Å². The number of anilines is 1. The van der Waals surface area contributed by atoms with Crippen LogP contribution in [0.25, 0.3) is 0 Å². The van der Waals surface area contributed by atoms with Crippen molar-refractivity contribution in [2.75, 3.05) is 32.2 Å². The minimum absolute atomic E-state index is 0. The Bertz CT molecular complexity index is 1430. The maximum absolute atomic E-state index is 12.7. The molecule has 21 heteroatoms. The minimum atomic E-state index is -5.66. The summed E-state index contributed by atoms with van der Waals surface area (Å²) in [7, 11) is -11.3. The number of nitrogen functional groups attached to an aromatic ring is 1. The molecule has 1 aromatic rings. The summed E-state index contributed by atoms with van der Waals surface area (Å²) in [5.74, 6) is -0.657. The second kappa shape index (κ2) is 36.4. The van der Waals surface area contributed by atoms with Gasteiger partial charge in [0.05, 0.1) is 19.8 Å². The first-order valence-electron chi connectivity index (χ1n) is 22.0. The molecule has 1 saturated heterocycles. The van der Waals surface area contributed by atoms with Gasteiger partial charge < -0.3 is 49.0 Å². The number of nitrogens with zero attached hydrogens (tertiary/aromatic N) is 2. The number of aromatic nitrogens is 2. The summed E-state index contributed by atoms with van der Waals surface area (Å²) in [5.41, 5.74) is 4.57. The topological polar surface area (TPSA) is 254 Å². The summed E-state index contributed by atoms with van der Waals surface area (Å²) in [6, 6.07) is 1.25. The van der Waals surface area contributed by atoms with Crippen molar-refractivity contribution in [2.45, 2.75) is 199 Å². The van der Waals surface area contributed by atoms with E-state index < -0.39 is 71.2 Å². The van der Waals surface area contributed by atoms with Crippen LogP contribution in [0.3, 0.4) is 0 Å². The van der Waals surface area contributed by atoms with Gasteiger partial charge in [-0.15, -0.1) is 0 Å². The van der Waals surface area contributed by atoms with Crippen LogP contribution < -0.4 is 80.3 Å². The molecule has 1 aliphatic heterocycles. The summed E-state index contributed by atoms with van der Waals surface area (Å²) in [6.07, 6.45) is 20.1. The number of rotatable bonds is 37. The Morgan fingerprint density at radius 1 is 0.770 bits per heavy atom. The van der Waals surface area contributed by atoms with E-state index >= 15 is 0 Å². The zero-order valence-corrected chi connectivity index (χ0v) is 43.3. The molecule has 7 unspecified atom stereocenters. The van der Waals surface area contributed by atoms with Gasteiger partial charge in [-0.2, -0.15) is 4.98 Å². The number of nitrogens with two attached hydrogens (primary N) is 1. The molecule has 61 heavy (non-hydrogen) atoms. The van der Waals surface area contributed by atoms with Gasteiger partial charge in [0.1, 0.15) is 30.2 Å². The first kappa shape index (κ1) is 61.2. The molecule has 17 nitrogen and oxygen atoms in total. The van der Waals surface area contributed by atoms with E-state index in [2.05, 4.69) is 27.7 Å². The molecule has 4 N–H and O–H groups in total. The third-order valence-corrected chi connectivity index (χ3v) is 12.7. The van der Waals surface area contributed by atoms with Crippen molar-refractivity contribution in [3.8, 4) is 0 Å². The van der Waals surface area contributed by atoms with E-state index in [-0.39, 0.29) is 78.0 Å². The van der Waals surface area contributed by atoms with Crippen LogP contribution in [0.1, 0.15) is 174 Å². The smallest absolute Gasteiger partial charge is 0.756 e. The molecule has 0 radical (unpaired) electrons. The molecule has 2 heterocycles. The third-order valence-electron chi connectivity index (χ3n) is 10.2. The number of carbonyl (C=O) groups is 1. The molecular weight excluding hydrogens is 854 g/mol. The Labute approximate surface area is 408 Å². The van der Waals surface area contributed by atoms with Crippen molar-refractivity contribution in [3.63, 3.8) is 0 Å². The molecule has 1 fully saturated rings. The molecular formula is C40H73N3Na2O14P2. The van der Waals surface area contributed by atoms with Gasteiger partial charge in [-0.25, -0.2) is 9.11 Å². The summed E-state index contributed by atoms with van der Waals surface area (Å²) in [4.78, 5) is 53.5. The largest absolute Gasteiger partial charge is 1.00 e. The number of hydrogen-bond donors (Lipinski definition) is 3. The first-order valence-corrected chi connectivity index (χ1v) is 25.0. The van der Waals surface area contributed by atoms with E-state index in [4.69, 9.17) is 24.5 Å². The Morgan fingerprint density at radius 2 is 1.25 bits per heavy atom. The third kappa shape index (κ3) is 28.8. The summed E-state index contributed by atoms with van der Waals surface area (Å²) < 4.78 is 56.2. The summed E-state index contributed by atoms with van der Waals surface area (Å²) in [6.45, 7) is 2.83. The number of phosphoric ester groups is 2. The van der Waals surface area contributed by atoms with Crippen molar-refractivity contribution in [1.82, 2.24) is 9.55 Å². The molecule has 0 aromatic carbocycles. The SMILES string of the molecule is CCCCCCCCCCCCCCCC(=O)OC(COCCCCCCCCCCCC)COP(=O)([O-])OP(=O)([O-])OCC1OC(n2ccc(N)nc2=O)C(O)C1O.[Na+].[Na+]. The standard InChI is InChI=1S/C40H75N3O14P2.2Na/c1-3-5-7-9-11-13-15-16-17-18-20-22-24-26-36(44)55-33(30-52-29-25-23-21-19-14-12-10-8-6-4-2)31-53-58(48,49)57-59(50,51)54-32-34-37(45)38(46)39(56-34)43-28-27-35(41)42-40(43)47;;/h27-28,33-34,37-39,45-46H,3-26,29-32H2,1-2H3,(H,48,49)(H,50,51)(H2,41,42,47);;/q;2*+1/p-2. The van der Waals surface area contributed by atoms with Gasteiger partial charge in [-0.1, -0.05) is 149 Å². The fraction of sp³-hybridized carbons (Fsp3) is 0.875. The second-order valence-corrected chi connectivity index (χ2v) is 18.5. The van der Waals surface area contributed by atoms with Crippen molar-refractivity contribution in [1.29, 1.82) is 0 Å². The second-order valence-electron chi connectivity index (χ2n) is 15.5. The first-order chi connectivity index (χ1) is 28.3. The van der Waals surface area contributed by atoms with Gasteiger partial charge in [0.15, 0.2) is 6.23 Å². The summed E-state index contributed by atoms with van der Waals surface area (Å²) in [5, 5.41) is 20.8. The molecule has 7 atom stereocenters. The van der Waals surface area contributed by atoms with E-state index in [9.17, 15) is 38.7 Å². The predicted octanol–water partition coefficient (Wildman–Crippen LogP) is 0.770. The molecule has 1 aromatic heterocycles. The van der Waals surface area contributed by atoms with Crippen LogP contribution in [0.15, 0.2) is 17.1 Å².